The highest BCUT2D eigenvalue weighted by molar-refractivity contribution is 6.05. The lowest BCUT2D eigenvalue weighted by Crippen LogP contribution is -1.91. The molecule has 0 aliphatic rings. The van der Waals surface area contributed by atoms with E-state index >= 15 is 0 Å². The van der Waals surface area contributed by atoms with Gasteiger partial charge < -0.3 is 14.9 Å². The van der Waals surface area contributed by atoms with Crippen LogP contribution in [-0.2, 0) is 4.79 Å². The van der Waals surface area contributed by atoms with Crippen molar-refractivity contribution in [2.45, 2.75) is 0 Å². The van der Waals surface area contributed by atoms with Gasteiger partial charge in [-0.3, -0.25) is 4.79 Å². The van der Waals surface area contributed by atoms with Gasteiger partial charge in [-0.05, 0) is 35.9 Å². The van der Waals surface area contributed by atoms with Gasteiger partial charge in [-0.1, -0.05) is 30.3 Å². The third kappa shape index (κ3) is 3.99. The average molecular weight is 296 g/mol. The third-order valence-electron chi connectivity index (χ3n) is 3.01. The van der Waals surface area contributed by atoms with Crippen LogP contribution < -0.4 is 4.74 Å². The number of carbonyl (C=O) groups excluding carboxylic acids is 1. The van der Waals surface area contributed by atoms with E-state index in [4.69, 9.17) is 4.74 Å². The number of hydrogen-bond acceptors (Lipinski definition) is 4. The van der Waals surface area contributed by atoms with Crippen molar-refractivity contribution in [1.82, 2.24) is 0 Å². The highest BCUT2D eigenvalue weighted by Gasteiger charge is 2.05. The quantitative estimate of drug-likeness (QED) is 0.653. The van der Waals surface area contributed by atoms with Crippen LogP contribution in [0.1, 0.15) is 11.1 Å². The number of para-hydroxylation sites is 1. The Morgan fingerprint density at radius 3 is 2.41 bits per heavy atom. The summed E-state index contributed by atoms with van der Waals surface area (Å²) in [5.74, 6) is 0.00260. The van der Waals surface area contributed by atoms with E-state index in [2.05, 4.69) is 0 Å². The first kappa shape index (κ1) is 15.4. The van der Waals surface area contributed by atoms with Gasteiger partial charge in [-0.15, -0.1) is 0 Å². The summed E-state index contributed by atoms with van der Waals surface area (Å²) in [4.78, 5) is 11.8. The first-order valence-electron chi connectivity index (χ1n) is 6.65. The van der Waals surface area contributed by atoms with Gasteiger partial charge in [-0.2, -0.15) is 0 Å². The van der Waals surface area contributed by atoms with Crippen molar-refractivity contribution in [1.29, 1.82) is 0 Å². The molecule has 0 amide bonds. The minimum Gasteiger partial charge on any atom is -0.507 e. The molecule has 0 bridgehead atoms. The van der Waals surface area contributed by atoms with Gasteiger partial charge in [0.15, 0.2) is 5.78 Å². The highest BCUT2D eigenvalue weighted by atomic mass is 16.5. The topological polar surface area (TPSA) is 66.8 Å². The van der Waals surface area contributed by atoms with E-state index in [-0.39, 0.29) is 22.9 Å². The van der Waals surface area contributed by atoms with E-state index in [9.17, 15) is 15.0 Å². The lowest BCUT2D eigenvalue weighted by Gasteiger charge is -2.02. The zero-order valence-electron chi connectivity index (χ0n) is 12.1. The number of ketones is 1. The van der Waals surface area contributed by atoms with Crippen molar-refractivity contribution in [3.05, 3.63) is 71.8 Å². The van der Waals surface area contributed by atoms with Crippen LogP contribution in [0.5, 0.6) is 11.5 Å². The van der Waals surface area contributed by atoms with Crippen LogP contribution in [0.3, 0.4) is 0 Å². The molecule has 4 heteroatoms. The maximum Gasteiger partial charge on any atom is 0.182 e. The lowest BCUT2D eigenvalue weighted by molar-refractivity contribution is -0.110. The fourth-order valence-corrected chi connectivity index (χ4v) is 1.84. The zero-order valence-corrected chi connectivity index (χ0v) is 12.1. The summed E-state index contributed by atoms with van der Waals surface area (Å²) in [6, 6.07) is 13.5. The van der Waals surface area contributed by atoms with E-state index in [1.165, 1.54) is 18.2 Å². The van der Waals surface area contributed by atoms with Gasteiger partial charge in [0.1, 0.15) is 17.3 Å². The van der Waals surface area contributed by atoms with Crippen LogP contribution in [0.2, 0.25) is 0 Å². The fourth-order valence-electron chi connectivity index (χ4n) is 1.84. The Kier molecular flexibility index (Phi) is 4.98. The highest BCUT2D eigenvalue weighted by Crippen LogP contribution is 2.22. The zero-order chi connectivity index (χ0) is 15.9. The standard InChI is InChI=1S/C18H16O4/c1-22-15-10-7-13(8-11-15)6-9-14(19)12-18(21)16-4-2-3-5-17(16)20/h2-12,20-21H,1H3. The second-order valence-electron chi connectivity index (χ2n) is 4.56. The first-order chi connectivity index (χ1) is 10.6. The second-order valence-corrected chi connectivity index (χ2v) is 4.56. The molecule has 2 aromatic carbocycles. The van der Waals surface area contributed by atoms with Gasteiger partial charge in [0, 0.05) is 6.08 Å². The van der Waals surface area contributed by atoms with Crippen molar-refractivity contribution >= 4 is 17.6 Å². The van der Waals surface area contributed by atoms with Crippen LogP contribution in [0.25, 0.3) is 11.8 Å². The SMILES string of the molecule is COc1ccc(C=CC(=O)C=C(O)c2ccccc2O)cc1. The molecule has 22 heavy (non-hydrogen) atoms. The van der Waals surface area contributed by atoms with Crippen molar-refractivity contribution < 1.29 is 19.7 Å². The molecule has 0 aliphatic carbocycles. The number of ether oxygens (including phenoxy) is 1. The van der Waals surface area contributed by atoms with Gasteiger partial charge in [0.05, 0.1) is 12.7 Å². The van der Waals surface area contributed by atoms with Gasteiger partial charge >= 0.3 is 0 Å². The predicted molar refractivity (Wildman–Crippen MR) is 85.7 cm³/mol. The van der Waals surface area contributed by atoms with Crippen molar-refractivity contribution in [3.8, 4) is 11.5 Å². The summed E-state index contributed by atoms with van der Waals surface area (Å²) >= 11 is 0. The number of aliphatic hydroxyl groups excluding tert-OH is 1. The molecule has 0 unspecified atom stereocenters. The van der Waals surface area contributed by atoms with E-state index in [0.717, 1.165) is 17.4 Å². The molecular formula is C18H16O4. The number of hydrogen-bond donors (Lipinski definition) is 2. The molecule has 0 spiro atoms. The molecule has 0 aromatic heterocycles. The Labute approximate surface area is 128 Å². The number of aliphatic hydroxyl groups is 1. The predicted octanol–water partition coefficient (Wildman–Crippen LogP) is 3.58. The molecule has 0 atom stereocenters. The molecule has 0 saturated carbocycles. The number of phenolic OH excluding ortho intramolecular Hbond substituents is 1. The molecule has 0 saturated heterocycles. The van der Waals surface area contributed by atoms with Crippen LogP contribution in [0, 0.1) is 0 Å². The fraction of sp³-hybridized carbons (Fsp3) is 0.0556. The Bertz CT molecular complexity index is 712. The summed E-state index contributed by atoms with van der Waals surface area (Å²) < 4.78 is 5.05. The maximum atomic E-state index is 11.8. The van der Waals surface area contributed by atoms with E-state index in [0.29, 0.717) is 0 Å². The van der Waals surface area contributed by atoms with Gasteiger partial charge in [0.25, 0.3) is 0 Å². The largest absolute Gasteiger partial charge is 0.507 e. The number of allylic oxidation sites excluding steroid dienone is 2. The summed E-state index contributed by atoms with van der Waals surface area (Å²) in [5.41, 5.74) is 1.05. The Hall–Kier alpha value is -3.01. The van der Waals surface area contributed by atoms with Crippen LogP contribution in [0.15, 0.2) is 60.7 Å². The molecule has 2 rings (SSSR count). The molecule has 112 valence electrons. The number of methoxy groups -OCH3 is 1. The maximum absolute atomic E-state index is 11.8. The summed E-state index contributed by atoms with van der Waals surface area (Å²) in [6.45, 7) is 0. The lowest BCUT2D eigenvalue weighted by atomic mass is 10.1. The molecule has 0 aliphatic heterocycles. The van der Waals surface area contributed by atoms with E-state index in [1.54, 1.807) is 37.5 Å². The number of rotatable bonds is 5. The Morgan fingerprint density at radius 1 is 1.09 bits per heavy atom. The van der Waals surface area contributed by atoms with Crippen molar-refractivity contribution in [2.75, 3.05) is 7.11 Å². The molecule has 4 nitrogen and oxygen atoms in total. The first-order valence-corrected chi connectivity index (χ1v) is 6.65. The second kappa shape index (κ2) is 7.13. The minimum absolute atomic E-state index is 0.0804. The Morgan fingerprint density at radius 2 is 1.77 bits per heavy atom. The van der Waals surface area contributed by atoms with E-state index in [1.807, 2.05) is 12.1 Å². The molecule has 2 aromatic rings. The normalized spacial score (nSPS) is 11.6. The third-order valence-corrected chi connectivity index (χ3v) is 3.01. The number of phenols is 1. The number of aromatic hydroxyl groups is 1. The minimum atomic E-state index is -0.378. The van der Waals surface area contributed by atoms with Crippen LogP contribution in [0.4, 0.5) is 0 Å². The monoisotopic (exact) mass is 296 g/mol. The Balaban J connectivity index is 2.09. The van der Waals surface area contributed by atoms with E-state index < -0.39 is 0 Å². The van der Waals surface area contributed by atoms with Gasteiger partial charge in [0.2, 0.25) is 0 Å². The molecular weight excluding hydrogens is 280 g/mol. The smallest absolute Gasteiger partial charge is 0.182 e. The summed E-state index contributed by atoms with van der Waals surface area (Å²) in [6.07, 6.45) is 4.05. The van der Waals surface area contributed by atoms with Crippen molar-refractivity contribution in [3.63, 3.8) is 0 Å². The summed E-state index contributed by atoms with van der Waals surface area (Å²) in [7, 11) is 1.58. The molecule has 0 fully saturated rings. The number of carbonyl (C=O) groups is 1. The summed E-state index contributed by atoms with van der Waals surface area (Å²) in [5, 5.41) is 19.5. The molecule has 0 radical (unpaired) electrons. The van der Waals surface area contributed by atoms with Crippen molar-refractivity contribution in [2.24, 2.45) is 0 Å². The average Bonchev–Trinajstić information content (AvgIpc) is 2.53. The van der Waals surface area contributed by atoms with Gasteiger partial charge in [-0.25, -0.2) is 0 Å². The number of benzene rings is 2. The van der Waals surface area contributed by atoms with Crippen LogP contribution >= 0.6 is 0 Å². The molecule has 2 N–H and O–H groups in total. The van der Waals surface area contributed by atoms with Crippen LogP contribution in [-0.4, -0.2) is 23.1 Å². The molecule has 0 heterocycles.